The highest BCUT2D eigenvalue weighted by atomic mass is 32.1. The number of alkyl halides is 1. The minimum atomic E-state index is -0.639. The van der Waals surface area contributed by atoms with Gasteiger partial charge in [-0.25, -0.2) is 4.39 Å². The first-order valence-electron chi connectivity index (χ1n) is 5.89. The molecule has 14 heavy (non-hydrogen) atoms. The van der Waals surface area contributed by atoms with Crippen LogP contribution < -0.4 is 0 Å². The summed E-state index contributed by atoms with van der Waals surface area (Å²) in [5.41, 5.74) is 0.155. The molecule has 1 unspecified atom stereocenters. The summed E-state index contributed by atoms with van der Waals surface area (Å²) in [5, 5.41) is 0. The van der Waals surface area contributed by atoms with Crippen LogP contribution in [0.15, 0.2) is 0 Å². The van der Waals surface area contributed by atoms with Gasteiger partial charge in [0.2, 0.25) is 0 Å². The van der Waals surface area contributed by atoms with E-state index in [2.05, 4.69) is 26.5 Å². The zero-order chi connectivity index (χ0) is 11.0. The molecule has 0 bridgehead atoms. The van der Waals surface area contributed by atoms with Crippen molar-refractivity contribution in [3.8, 4) is 0 Å². The first kappa shape index (κ1) is 14.3. The molecule has 0 heterocycles. The van der Waals surface area contributed by atoms with Crippen molar-refractivity contribution in [2.45, 2.75) is 65.5 Å². The minimum Gasteiger partial charge on any atom is -0.247 e. The lowest BCUT2D eigenvalue weighted by atomic mass is 9.76. The van der Waals surface area contributed by atoms with E-state index in [1.807, 2.05) is 6.92 Å². The summed E-state index contributed by atoms with van der Waals surface area (Å²) >= 11 is 4.42. The van der Waals surface area contributed by atoms with Crippen LogP contribution in [0.5, 0.6) is 0 Å². The van der Waals surface area contributed by atoms with Crippen LogP contribution in [-0.2, 0) is 0 Å². The third-order valence-corrected chi connectivity index (χ3v) is 3.66. The van der Waals surface area contributed by atoms with Gasteiger partial charge >= 0.3 is 0 Å². The lowest BCUT2D eigenvalue weighted by molar-refractivity contribution is 0.167. The monoisotopic (exact) mass is 220 g/mol. The van der Waals surface area contributed by atoms with Crippen LogP contribution >= 0.6 is 12.6 Å². The van der Waals surface area contributed by atoms with Crippen molar-refractivity contribution in [3.05, 3.63) is 0 Å². The summed E-state index contributed by atoms with van der Waals surface area (Å²) in [6, 6.07) is 0. The Hall–Kier alpha value is 0.280. The summed E-state index contributed by atoms with van der Waals surface area (Å²) in [5.74, 6) is 0.828. The molecule has 0 aromatic carbocycles. The first-order chi connectivity index (χ1) is 6.64. The fourth-order valence-corrected chi connectivity index (χ4v) is 2.67. The molecular weight excluding hydrogens is 195 g/mol. The van der Waals surface area contributed by atoms with Gasteiger partial charge in [-0.05, 0) is 36.9 Å². The zero-order valence-corrected chi connectivity index (χ0v) is 10.7. The van der Waals surface area contributed by atoms with Gasteiger partial charge < -0.3 is 0 Å². The molecular formula is C12H25FS. The van der Waals surface area contributed by atoms with Gasteiger partial charge in [0, 0.05) is 0 Å². The van der Waals surface area contributed by atoms with Crippen LogP contribution in [0.1, 0.15) is 59.3 Å². The standard InChI is InChI=1S/C12H25FS/c1-4-7-12(10-14,8-5-2)9-11(13)6-3/h11,14H,4-10H2,1-3H3. The Morgan fingerprint density at radius 3 is 1.93 bits per heavy atom. The average Bonchev–Trinajstić information content (AvgIpc) is 2.18. The maximum absolute atomic E-state index is 13.4. The van der Waals surface area contributed by atoms with Crippen molar-refractivity contribution in [3.63, 3.8) is 0 Å². The van der Waals surface area contributed by atoms with Crippen molar-refractivity contribution in [2.75, 3.05) is 5.75 Å². The second kappa shape index (κ2) is 7.56. The van der Waals surface area contributed by atoms with Crippen LogP contribution in [-0.4, -0.2) is 11.9 Å². The summed E-state index contributed by atoms with van der Waals surface area (Å²) in [6.45, 7) is 6.27. The van der Waals surface area contributed by atoms with E-state index >= 15 is 0 Å². The molecule has 0 amide bonds. The highest BCUT2D eigenvalue weighted by molar-refractivity contribution is 7.80. The van der Waals surface area contributed by atoms with E-state index in [0.29, 0.717) is 12.8 Å². The highest BCUT2D eigenvalue weighted by Crippen LogP contribution is 2.37. The molecule has 0 saturated carbocycles. The highest BCUT2D eigenvalue weighted by Gasteiger charge is 2.29. The van der Waals surface area contributed by atoms with E-state index in [0.717, 1.165) is 31.4 Å². The maximum Gasteiger partial charge on any atom is 0.100 e. The molecule has 0 fully saturated rings. The van der Waals surface area contributed by atoms with Crippen LogP contribution in [0.3, 0.4) is 0 Å². The third-order valence-electron chi connectivity index (χ3n) is 2.99. The van der Waals surface area contributed by atoms with Crippen molar-refractivity contribution >= 4 is 12.6 Å². The molecule has 1 atom stereocenters. The van der Waals surface area contributed by atoms with E-state index < -0.39 is 6.17 Å². The SMILES string of the molecule is CCCC(CS)(CCC)CC(F)CC. The Morgan fingerprint density at radius 1 is 1.14 bits per heavy atom. The van der Waals surface area contributed by atoms with Crippen LogP contribution in [0, 0.1) is 5.41 Å². The summed E-state index contributed by atoms with van der Waals surface area (Å²) in [7, 11) is 0. The third kappa shape index (κ3) is 4.68. The Balaban J connectivity index is 4.31. The molecule has 0 aromatic heterocycles. The van der Waals surface area contributed by atoms with E-state index in [1.54, 1.807) is 0 Å². The Morgan fingerprint density at radius 2 is 1.64 bits per heavy atom. The molecule has 0 saturated heterocycles. The fraction of sp³-hybridized carbons (Fsp3) is 1.00. The zero-order valence-electron chi connectivity index (χ0n) is 9.85. The lowest BCUT2D eigenvalue weighted by Crippen LogP contribution is -2.26. The van der Waals surface area contributed by atoms with Gasteiger partial charge in [0.05, 0.1) is 0 Å². The molecule has 0 aliphatic carbocycles. The van der Waals surface area contributed by atoms with Crippen molar-refractivity contribution in [1.29, 1.82) is 0 Å². The average molecular weight is 220 g/mol. The number of hydrogen-bond acceptors (Lipinski definition) is 1. The second-order valence-electron chi connectivity index (χ2n) is 4.37. The van der Waals surface area contributed by atoms with Crippen molar-refractivity contribution < 1.29 is 4.39 Å². The fourth-order valence-electron chi connectivity index (χ4n) is 2.23. The molecule has 0 spiro atoms. The molecule has 0 aliphatic heterocycles. The number of hydrogen-bond donors (Lipinski definition) is 1. The van der Waals surface area contributed by atoms with E-state index in [4.69, 9.17) is 0 Å². The van der Waals surface area contributed by atoms with Gasteiger partial charge in [0.15, 0.2) is 0 Å². The van der Waals surface area contributed by atoms with Gasteiger partial charge in [0.1, 0.15) is 6.17 Å². The van der Waals surface area contributed by atoms with Crippen LogP contribution in [0.25, 0.3) is 0 Å². The largest absolute Gasteiger partial charge is 0.247 e. The van der Waals surface area contributed by atoms with Crippen molar-refractivity contribution in [2.24, 2.45) is 5.41 Å². The quantitative estimate of drug-likeness (QED) is 0.566. The topological polar surface area (TPSA) is 0 Å². The Kier molecular flexibility index (Phi) is 7.71. The molecule has 2 heteroatoms. The molecule has 0 aromatic rings. The number of halogens is 1. The summed E-state index contributed by atoms with van der Waals surface area (Å²) in [6.07, 6.45) is 5.21. The first-order valence-corrected chi connectivity index (χ1v) is 6.52. The smallest absolute Gasteiger partial charge is 0.100 e. The Labute approximate surface area is 94.1 Å². The van der Waals surface area contributed by atoms with Gasteiger partial charge in [0.25, 0.3) is 0 Å². The lowest BCUT2D eigenvalue weighted by Gasteiger charge is -2.33. The molecule has 0 rings (SSSR count). The predicted molar refractivity (Wildman–Crippen MR) is 65.9 cm³/mol. The number of thiol groups is 1. The van der Waals surface area contributed by atoms with Gasteiger partial charge in [-0.15, -0.1) is 0 Å². The molecule has 0 aliphatic rings. The normalized spacial score (nSPS) is 14.4. The molecule has 0 radical (unpaired) electrons. The second-order valence-corrected chi connectivity index (χ2v) is 4.68. The van der Waals surface area contributed by atoms with E-state index in [-0.39, 0.29) is 5.41 Å². The summed E-state index contributed by atoms with van der Waals surface area (Å²) < 4.78 is 13.4. The van der Waals surface area contributed by atoms with Gasteiger partial charge in [-0.1, -0.05) is 33.6 Å². The van der Waals surface area contributed by atoms with E-state index in [1.165, 1.54) is 0 Å². The Bertz CT molecular complexity index is 130. The minimum absolute atomic E-state index is 0.155. The van der Waals surface area contributed by atoms with Crippen LogP contribution in [0.4, 0.5) is 4.39 Å². The molecule has 86 valence electrons. The molecule has 0 N–H and O–H groups in total. The van der Waals surface area contributed by atoms with Crippen molar-refractivity contribution in [1.82, 2.24) is 0 Å². The molecule has 0 nitrogen and oxygen atoms in total. The maximum atomic E-state index is 13.4. The van der Waals surface area contributed by atoms with Gasteiger partial charge in [-0.3, -0.25) is 0 Å². The van der Waals surface area contributed by atoms with Crippen LogP contribution in [0.2, 0.25) is 0 Å². The number of rotatable bonds is 8. The van der Waals surface area contributed by atoms with E-state index in [9.17, 15) is 4.39 Å². The van der Waals surface area contributed by atoms with Gasteiger partial charge in [-0.2, -0.15) is 12.6 Å². The predicted octanol–water partition coefficient (Wildman–Crippen LogP) is 4.64. The summed E-state index contributed by atoms with van der Waals surface area (Å²) in [4.78, 5) is 0.